The van der Waals surface area contributed by atoms with Crippen LogP contribution in [0.2, 0.25) is 0 Å². The molecule has 0 radical (unpaired) electrons. The number of aryl methyl sites for hydroxylation is 1. The first kappa shape index (κ1) is 81.2. The van der Waals surface area contributed by atoms with E-state index in [1.165, 1.54) is 134 Å². The second-order valence-corrected chi connectivity index (χ2v) is 36.4. The highest BCUT2D eigenvalue weighted by atomic mass is 16.5. The lowest BCUT2D eigenvalue weighted by Crippen LogP contribution is -2.45. The number of para-hydroxylation sites is 3. The van der Waals surface area contributed by atoms with Gasteiger partial charge in [-0.15, -0.1) is 0 Å². The molecule has 0 atom stereocenters. The normalized spacial score (nSPS) is 19.3. The predicted octanol–water partition coefficient (Wildman–Crippen LogP) is 22.3. The molecule has 0 aromatic heterocycles. The Balaban J connectivity index is 0.000000143. The van der Waals surface area contributed by atoms with Crippen LogP contribution in [0.3, 0.4) is 0 Å². The summed E-state index contributed by atoms with van der Waals surface area (Å²) in [5, 5.41) is 20.0. The number of rotatable bonds is 15. The molecule has 2 N–H and O–H groups in total. The van der Waals surface area contributed by atoms with E-state index in [2.05, 4.69) is 361 Å². The third-order valence-electron chi connectivity index (χ3n) is 25.0. The summed E-state index contributed by atoms with van der Waals surface area (Å²) in [6, 6.07) is 51.8. The first-order chi connectivity index (χ1) is 54.9. The number of aliphatic hydroxyl groups excluding tert-OH is 2. The van der Waals surface area contributed by atoms with Gasteiger partial charge in [0.15, 0.2) is 11.4 Å². The van der Waals surface area contributed by atoms with Gasteiger partial charge in [-0.1, -0.05) is 183 Å². The Labute approximate surface area is 685 Å². The molecule has 596 valence electrons. The average molecular weight is 1540 g/mol. The topological polar surface area (TPSA) is 90.8 Å². The lowest BCUT2D eigenvalue weighted by molar-refractivity contribution is -0.401. The fraction of sp³-hybridized carbons (Fsp3) is 0.375. The number of hydrogen-bond donors (Lipinski definition) is 2. The van der Waals surface area contributed by atoms with Gasteiger partial charge in [0, 0.05) is 166 Å². The maximum atomic E-state index is 9.57. The van der Waals surface area contributed by atoms with Gasteiger partial charge >= 0.3 is 0 Å². The van der Waals surface area contributed by atoms with Crippen molar-refractivity contribution >= 4 is 62.7 Å². The molecule has 0 fully saturated rings. The van der Waals surface area contributed by atoms with Crippen molar-refractivity contribution in [1.82, 2.24) is 4.58 Å². The number of fused-ring (bicyclic) bond motifs is 8. The van der Waals surface area contributed by atoms with Crippen molar-refractivity contribution in [2.45, 2.75) is 178 Å². The highest BCUT2D eigenvalue weighted by Gasteiger charge is 2.45. The predicted molar refractivity (Wildman–Crippen MR) is 482 cm³/mol. The highest BCUT2D eigenvalue weighted by Crippen LogP contribution is 2.53. The van der Waals surface area contributed by atoms with Crippen LogP contribution in [0.5, 0.6) is 11.5 Å². The zero-order valence-corrected chi connectivity index (χ0v) is 72.0. The third kappa shape index (κ3) is 15.8. The van der Waals surface area contributed by atoms with E-state index in [-0.39, 0.29) is 45.8 Å². The number of nitrogens with zero attached hydrogens (tertiary/aromatic N) is 6. The van der Waals surface area contributed by atoms with Gasteiger partial charge in [-0.05, 0) is 176 Å². The SMILES string of the molecule is CCN1c2cc3c(cc2C(C)=CC1(C)C)C(=CC=CC1=[N+](C)c2ccccc2C1(C)C)C=C(C(C)(C)C)O3.CC[N+](CCCO)=c1ccc2c(/C=C/C=C3/N(CCCO)c4ccccc4C3(C)C)cc(-c3ccccc3)oc-2c1.C[N+]1=C(C=CC=C2C=C(C(C)(C)C)Oc3c2cc2c4c3CCCN4CCC2)C(C)(C)c2ccccc21. The summed E-state index contributed by atoms with van der Waals surface area (Å²) in [5.41, 5.74) is 27.6. The van der Waals surface area contributed by atoms with Gasteiger partial charge in [-0.3, -0.25) is 0 Å². The minimum Gasteiger partial charge on any atom is -0.460 e. The number of anilines is 3. The van der Waals surface area contributed by atoms with E-state index >= 15 is 0 Å². The van der Waals surface area contributed by atoms with E-state index in [1.807, 2.05) is 18.2 Å². The second kappa shape index (κ2) is 32.4. The minimum absolute atomic E-state index is 0.0208. The van der Waals surface area contributed by atoms with Crippen LogP contribution in [0, 0.1) is 10.8 Å². The maximum Gasteiger partial charge on any atom is 0.209 e. The number of likely N-dealkylation sites (N-methyl/N-ethyl adjacent to an activating group) is 1. The summed E-state index contributed by atoms with van der Waals surface area (Å²) >= 11 is 0. The number of aliphatic hydroxyl groups is 2. The molecule has 9 aliphatic heterocycles. The first-order valence-corrected chi connectivity index (χ1v) is 42.2. The van der Waals surface area contributed by atoms with Crippen molar-refractivity contribution in [1.29, 1.82) is 0 Å². The molecule has 0 amide bonds. The van der Waals surface area contributed by atoms with E-state index in [9.17, 15) is 10.2 Å². The van der Waals surface area contributed by atoms with Crippen LogP contribution in [0.4, 0.5) is 28.4 Å². The van der Waals surface area contributed by atoms with Crippen LogP contribution in [0.15, 0.2) is 234 Å². The molecule has 0 saturated heterocycles. The summed E-state index contributed by atoms with van der Waals surface area (Å²) in [6.45, 7) is 44.4. The molecule has 0 spiro atoms. The van der Waals surface area contributed by atoms with Crippen LogP contribution in [0.1, 0.15) is 193 Å². The van der Waals surface area contributed by atoms with E-state index in [0.717, 1.165) is 101 Å². The highest BCUT2D eigenvalue weighted by molar-refractivity contribution is 6.04. The molecule has 11 heteroatoms. The molecule has 11 nitrogen and oxygen atoms in total. The van der Waals surface area contributed by atoms with Gasteiger partial charge in [0.1, 0.15) is 61.7 Å². The minimum atomic E-state index is -0.146. The van der Waals surface area contributed by atoms with E-state index < -0.39 is 0 Å². The number of allylic oxidation sites excluding steroid dienone is 16. The summed E-state index contributed by atoms with van der Waals surface area (Å²) in [4.78, 5) is 7.43. The fourth-order valence-corrected chi connectivity index (χ4v) is 18.8. The van der Waals surface area contributed by atoms with Crippen molar-refractivity contribution < 1.29 is 33.3 Å². The van der Waals surface area contributed by atoms with E-state index in [0.29, 0.717) is 6.42 Å². The lowest BCUT2D eigenvalue weighted by Gasteiger charge is -2.43. The summed E-state index contributed by atoms with van der Waals surface area (Å²) in [6.07, 6.45) is 33.2. The van der Waals surface area contributed by atoms with Crippen molar-refractivity contribution in [2.75, 3.05) is 81.3 Å². The number of hydrogen-bond acceptors (Lipinski definition) is 8. The third-order valence-corrected chi connectivity index (χ3v) is 25.0. The van der Waals surface area contributed by atoms with Gasteiger partial charge in [0.25, 0.3) is 0 Å². The molecule has 6 aromatic rings. The Morgan fingerprint density at radius 1 is 0.557 bits per heavy atom. The molecule has 10 aliphatic rings. The Morgan fingerprint density at radius 3 is 1.75 bits per heavy atom. The Bertz CT molecular complexity index is 5500. The molecule has 0 unspecified atom stereocenters. The molecule has 0 saturated carbocycles. The summed E-state index contributed by atoms with van der Waals surface area (Å²) < 4.78 is 26.7. The maximum absolute atomic E-state index is 9.57. The molecule has 16 rings (SSSR count). The van der Waals surface area contributed by atoms with Gasteiger partial charge in [-0.25, -0.2) is 4.58 Å². The smallest absolute Gasteiger partial charge is 0.209 e. The second-order valence-electron chi connectivity index (χ2n) is 36.4. The average Bonchev–Trinajstić information content (AvgIpc) is 1.62. The molecule has 6 aromatic carbocycles. The van der Waals surface area contributed by atoms with E-state index in [4.69, 9.17) is 13.9 Å². The zero-order chi connectivity index (χ0) is 81.7. The first-order valence-electron chi connectivity index (χ1n) is 42.2. The lowest BCUT2D eigenvalue weighted by atomic mass is 9.81. The van der Waals surface area contributed by atoms with Gasteiger partial charge in [-0.2, -0.15) is 9.15 Å². The van der Waals surface area contributed by atoms with Crippen LogP contribution in [-0.4, -0.2) is 103 Å². The molecule has 0 bridgehead atoms. The Hall–Kier alpha value is -10.3. The number of benzene rings is 7. The van der Waals surface area contributed by atoms with Gasteiger partial charge in [0.05, 0.1) is 22.4 Å². The quantitative estimate of drug-likeness (QED) is 0.0981. The molecular weight excluding hydrogens is 1410 g/mol. The fourth-order valence-electron chi connectivity index (χ4n) is 18.8. The van der Waals surface area contributed by atoms with Crippen molar-refractivity contribution in [3.05, 3.63) is 285 Å². The summed E-state index contributed by atoms with van der Waals surface area (Å²) in [5.74, 6) is 5.74. The van der Waals surface area contributed by atoms with Crippen LogP contribution in [-0.2, 0) is 29.1 Å². The van der Waals surface area contributed by atoms with Crippen molar-refractivity contribution in [3.8, 4) is 34.1 Å². The van der Waals surface area contributed by atoms with E-state index in [1.54, 1.807) is 0 Å². The molecular formula is C104H123N6O5+3. The molecule has 1 aliphatic carbocycles. The standard InChI is InChI=1S/C36H41N2O3.C35H43N2O.C33H39N2O/c1-4-37(21-11-23-39)29-19-20-30-28(25-33(41-34(30)26-29)27-13-6-5-7-14-27)15-10-18-35-36(2,3)31-16-8-9-17-32(31)38(35)22-12-24-40;1-11-37-29-21-30-26(20-25(29)23(2)22-34(37,6)7)24(19-32(38-30)33(3,4)5)15-14-18-31-35(8,9)27-16-12-13-17-28(27)36(31)10;1-32(2,3)29-21-22(12-9-17-28-33(4,5)26-15-7-8-16-27(26)34(28)6)25-20-23-13-10-18-35-19-11-14-24(30(23)35)31(25)36-29/h5-10,13-20,25-26,39-40H,4,11-12,21-24H2,1-3H3;12-22H,11H2,1-10H3;7-9,12,15-17,20-21H,10-11,13-14,18-19H2,1-6H3/q3*+1. The Kier molecular flexibility index (Phi) is 22.9. The van der Waals surface area contributed by atoms with Gasteiger partial charge in [0.2, 0.25) is 16.7 Å². The van der Waals surface area contributed by atoms with Gasteiger partial charge < -0.3 is 38.8 Å². The number of ether oxygens (including phenoxy) is 2. The zero-order valence-electron chi connectivity index (χ0n) is 72.0. The molecule has 115 heavy (non-hydrogen) atoms. The Morgan fingerprint density at radius 2 is 1.14 bits per heavy atom. The summed E-state index contributed by atoms with van der Waals surface area (Å²) in [7, 11) is 4.36. The molecule has 9 heterocycles. The van der Waals surface area contributed by atoms with Crippen molar-refractivity contribution in [3.63, 3.8) is 0 Å². The van der Waals surface area contributed by atoms with Crippen molar-refractivity contribution in [2.24, 2.45) is 10.8 Å². The van der Waals surface area contributed by atoms with Crippen LogP contribution >= 0.6 is 0 Å². The monoisotopic (exact) mass is 1540 g/mol. The largest absolute Gasteiger partial charge is 0.460 e. The van der Waals surface area contributed by atoms with Crippen LogP contribution < -0.4 is 34.1 Å². The van der Waals surface area contributed by atoms with Crippen LogP contribution in [0.25, 0.3) is 45.4 Å².